The molecule has 1 aliphatic carbocycles. The Morgan fingerprint density at radius 1 is 1.48 bits per heavy atom. The summed E-state index contributed by atoms with van der Waals surface area (Å²) in [7, 11) is 1.69. The normalized spacial score (nSPS) is 14.4. The number of rotatable bonds is 6. The Kier molecular flexibility index (Phi) is 3.96. The maximum Gasteiger partial charge on any atom is 0.343 e. The Hall–Kier alpha value is -1.83. The Labute approximate surface area is 126 Å². The second-order valence-corrected chi connectivity index (χ2v) is 6.11. The number of hydrogen-bond donors (Lipinski definition) is 2. The van der Waals surface area contributed by atoms with Gasteiger partial charge in [0.2, 0.25) is 0 Å². The highest BCUT2D eigenvalue weighted by atomic mass is 32.2. The van der Waals surface area contributed by atoms with E-state index in [9.17, 15) is 4.79 Å². The number of hydrogen-bond acceptors (Lipinski definition) is 6. The van der Waals surface area contributed by atoms with Gasteiger partial charge in [-0.3, -0.25) is 4.57 Å². The molecule has 1 saturated carbocycles. The Morgan fingerprint density at radius 2 is 2.29 bits per heavy atom. The lowest BCUT2D eigenvalue weighted by molar-refractivity contribution is 0.763. The fraction of sp³-hybridized carbons (Fsp3) is 0.538. The zero-order valence-electron chi connectivity index (χ0n) is 12.1. The Bertz CT molecular complexity index is 690. The average molecular weight is 306 g/mol. The van der Waals surface area contributed by atoms with E-state index in [1.165, 1.54) is 16.3 Å². The van der Waals surface area contributed by atoms with Crippen LogP contribution in [-0.2, 0) is 7.05 Å². The van der Waals surface area contributed by atoms with Crippen molar-refractivity contribution in [3.63, 3.8) is 0 Å². The molecule has 0 saturated heterocycles. The van der Waals surface area contributed by atoms with E-state index in [4.69, 9.17) is 0 Å². The largest absolute Gasteiger partial charge is 0.370 e. The smallest absolute Gasteiger partial charge is 0.343 e. The van der Waals surface area contributed by atoms with E-state index in [0.29, 0.717) is 11.1 Å². The van der Waals surface area contributed by atoms with Gasteiger partial charge in [-0.2, -0.15) is 0 Å². The maximum atomic E-state index is 11.4. The van der Waals surface area contributed by atoms with Crippen LogP contribution < -0.4 is 11.0 Å². The van der Waals surface area contributed by atoms with Gasteiger partial charge in [0, 0.05) is 25.6 Å². The summed E-state index contributed by atoms with van der Waals surface area (Å²) < 4.78 is 1.47. The second-order valence-electron chi connectivity index (χ2n) is 5.12. The lowest BCUT2D eigenvalue weighted by Crippen LogP contribution is -2.13. The molecule has 112 valence electrons. The third-order valence-corrected chi connectivity index (χ3v) is 4.22. The van der Waals surface area contributed by atoms with Gasteiger partial charge >= 0.3 is 5.69 Å². The van der Waals surface area contributed by atoms with Gasteiger partial charge in [-0.1, -0.05) is 6.92 Å². The molecular formula is C13H18N6OS. The molecule has 0 aromatic carbocycles. The number of nitrogens with zero attached hydrogens (tertiary/aromatic N) is 4. The molecule has 0 atom stereocenters. The number of H-pyrrole nitrogens is 1. The molecule has 2 aromatic rings. The predicted molar refractivity (Wildman–Crippen MR) is 80.7 cm³/mol. The average Bonchev–Trinajstić information content (AvgIpc) is 3.28. The van der Waals surface area contributed by atoms with E-state index in [0.717, 1.165) is 42.5 Å². The summed E-state index contributed by atoms with van der Waals surface area (Å²) in [5.41, 5.74) is -0.224. The molecule has 7 nitrogen and oxygen atoms in total. The predicted octanol–water partition coefficient (Wildman–Crippen LogP) is 1.75. The second kappa shape index (κ2) is 5.88. The number of aromatic nitrogens is 5. The first-order valence-corrected chi connectivity index (χ1v) is 7.91. The maximum absolute atomic E-state index is 11.4. The van der Waals surface area contributed by atoms with E-state index >= 15 is 0 Å². The first-order valence-electron chi connectivity index (χ1n) is 7.09. The summed E-state index contributed by atoms with van der Waals surface area (Å²) in [6, 6.07) is 1.91. The molecule has 0 aliphatic heterocycles. The SMILES string of the molecule is CCCNc1cc(Sc2n[nH]c(=O)n2C)nc(C2CC2)n1. The van der Waals surface area contributed by atoms with Crippen LogP contribution in [0.2, 0.25) is 0 Å². The van der Waals surface area contributed by atoms with Crippen LogP contribution in [0.4, 0.5) is 5.82 Å². The van der Waals surface area contributed by atoms with Crippen LogP contribution in [-0.4, -0.2) is 31.3 Å². The molecule has 0 bridgehead atoms. The number of aromatic amines is 1. The minimum Gasteiger partial charge on any atom is -0.370 e. The summed E-state index contributed by atoms with van der Waals surface area (Å²) in [5, 5.41) is 11.1. The molecule has 2 N–H and O–H groups in total. The van der Waals surface area contributed by atoms with Crippen LogP contribution >= 0.6 is 11.8 Å². The van der Waals surface area contributed by atoms with E-state index in [1.807, 2.05) is 6.07 Å². The van der Waals surface area contributed by atoms with Gasteiger partial charge < -0.3 is 5.32 Å². The topological polar surface area (TPSA) is 88.5 Å². The van der Waals surface area contributed by atoms with Crippen molar-refractivity contribution < 1.29 is 0 Å². The first-order chi connectivity index (χ1) is 10.2. The van der Waals surface area contributed by atoms with E-state index < -0.39 is 0 Å². The standard InChI is InChI=1S/C13H18N6OS/c1-3-6-14-9-7-10(16-11(15-9)8-4-5-8)21-13-18-17-12(20)19(13)2/h7-8H,3-6H2,1-2H3,(H,17,20)(H,14,15,16). The summed E-state index contributed by atoms with van der Waals surface area (Å²) in [6.07, 6.45) is 3.35. The molecule has 1 aliphatic rings. The number of nitrogens with one attached hydrogen (secondary N) is 2. The van der Waals surface area contributed by atoms with Crippen molar-refractivity contribution in [2.45, 2.75) is 42.3 Å². The Morgan fingerprint density at radius 3 is 2.90 bits per heavy atom. The molecule has 0 amide bonds. The van der Waals surface area contributed by atoms with Gasteiger partial charge in [-0.15, -0.1) is 5.10 Å². The minimum atomic E-state index is -0.224. The van der Waals surface area contributed by atoms with Crippen molar-refractivity contribution in [2.24, 2.45) is 7.05 Å². The lowest BCUT2D eigenvalue weighted by atomic mass is 10.4. The van der Waals surface area contributed by atoms with Gasteiger partial charge in [0.05, 0.1) is 0 Å². The molecule has 2 aromatic heterocycles. The third kappa shape index (κ3) is 3.26. The lowest BCUT2D eigenvalue weighted by Gasteiger charge is -2.08. The van der Waals surface area contributed by atoms with E-state index in [-0.39, 0.29) is 5.69 Å². The fourth-order valence-electron chi connectivity index (χ4n) is 1.88. The summed E-state index contributed by atoms with van der Waals surface area (Å²) in [5.74, 6) is 2.21. The molecule has 8 heteroatoms. The highest BCUT2D eigenvalue weighted by molar-refractivity contribution is 7.99. The van der Waals surface area contributed by atoms with Gasteiger partial charge in [0.15, 0.2) is 5.16 Å². The van der Waals surface area contributed by atoms with Crippen molar-refractivity contribution >= 4 is 17.6 Å². The quantitative estimate of drug-likeness (QED) is 0.790. The molecule has 3 rings (SSSR count). The van der Waals surface area contributed by atoms with Crippen LogP contribution in [0.5, 0.6) is 0 Å². The van der Waals surface area contributed by atoms with Crippen LogP contribution in [0.15, 0.2) is 21.0 Å². The summed E-state index contributed by atoms with van der Waals surface area (Å²) >= 11 is 1.37. The van der Waals surface area contributed by atoms with Gasteiger partial charge in [0.1, 0.15) is 16.7 Å². The van der Waals surface area contributed by atoms with Crippen molar-refractivity contribution in [1.29, 1.82) is 0 Å². The van der Waals surface area contributed by atoms with Crippen LogP contribution in [0.25, 0.3) is 0 Å². The zero-order valence-corrected chi connectivity index (χ0v) is 12.9. The molecular weight excluding hydrogens is 288 g/mol. The Balaban J connectivity index is 1.87. The highest BCUT2D eigenvalue weighted by Gasteiger charge is 2.27. The van der Waals surface area contributed by atoms with Crippen molar-refractivity contribution in [1.82, 2.24) is 24.7 Å². The van der Waals surface area contributed by atoms with E-state index in [2.05, 4.69) is 32.4 Å². The molecule has 2 heterocycles. The van der Waals surface area contributed by atoms with Crippen LogP contribution in [0.3, 0.4) is 0 Å². The third-order valence-electron chi connectivity index (χ3n) is 3.25. The van der Waals surface area contributed by atoms with Gasteiger partial charge in [-0.25, -0.2) is 19.9 Å². The summed E-state index contributed by atoms with van der Waals surface area (Å²) in [6.45, 7) is 3.00. The van der Waals surface area contributed by atoms with Crippen LogP contribution in [0, 0.1) is 0 Å². The first kappa shape index (κ1) is 14.1. The minimum absolute atomic E-state index is 0.224. The van der Waals surface area contributed by atoms with Crippen molar-refractivity contribution in [3.05, 3.63) is 22.4 Å². The fourth-order valence-corrected chi connectivity index (χ4v) is 2.69. The van der Waals surface area contributed by atoms with E-state index in [1.54, 1.807) is 7.05 Å². The molecule has 1 fully saturated rings. The van der Waals surface area contributed by atoms with Crippen molar-refractivity contribution in [2.75, 3.05) is 11.9 Å². The highest BCUT2D eigenvalue weighted by Crippen LogP contribution is 2.39. The van der Waals surface area contributed by atoms with Crippen LogP contribution in [0.1, 0.15) is 37.9 Å². The van der Waals surface area contributed by atoms with Gasteiger partial charge in [0.25, 0.3) is 0 Å². The zero-order chi connectivity index (χ0) is 14.8. The van der Waals surface area contributed by atoms with Gasteiger partial charge in [-0.05, 0) is 31.0 Å². The molecule has 0 spiro atoms. The number of anilines is 1. The van der Waals surface area contributed by atoms with Crippen molar-refractivity contribution in [3.8, 4) is 0 Å². The monoisotopic (exact) mass is 306 g/mol. The molecule has 21 heavy (non-hydrogen) atoms. The summed E-state index contributed by atoms with van der Waals surface area (Å²) in [4.78, 5) is 20.6. The molecule has 0 unspecified atom stereocenters. The molecule has 0 radical (unpaired) electrons.